The van der Waals surface area contributed by atoms with Crippen molar-refractivity contribution in [3.8, 4) is 10.6 Å². The Balaban J connectivity index is 1.29. The van der Waals surface area contributed by atoms with Gasteiger partial charge < -0.3 is 10.2 Å². The standard InChI is InChI=1S/C17H20N4O2S2/c22-15(18-13-1-2-13)9-20-4-6-21(7-5-20)17(23)14-11-25-16(19-14)12-3-8-24-10-12/h3,8,10-11,13H,1-2,4-7,9H2,(H,18,22). The highest BCUT2D eigenvalue weighted by molar-refractivity contribution is 7.14. The van der Waals surface area contributed by atoms with E-state index in [4.69, 9.17) is 0 Å². The monoisotopic (exact) mass is 376 g/mol. The zero-order valence-electron chi connectivity index (χ0n) is 13.8. The molecule has 0 bridgehead atoms. The van der Waals surface area contributed by atoms with E-state index in [9.17, 15) is 9.59 Å². The number of carbonyl (C=O) groups is 2. The fourth-order valence-electron chi connectivity index (χ4n) is 2.87. The van der Waals surface area contributed by atoms with Gasteiger partial charge in [0.1, 0.15) is 10.7 Å². The number of thiazole rings is 1. The first-order valence-electron chi connectivity index (χ1n) is 8.48. The summed E-state index contributed by atoms with van der Waals surface area (Å²) >= 11 is 3.13. The van der Waals surface area contributed by atoms with Crippen molar-refractivity contribution in [2.24, 2.45) is 0 Å². The van der Waals surface area contributed by atoms with Gasteiger partial charge in [-0.25, -0.2) is 4.98 Å². The second kappa shape index (κ2) is 7.23. The third kappa shape index (κ3) is 4.08. The Labute approximate surface area is 154 Å². The van der Waals surface area contributed by atoms with Crippen LogP contribution in [0.25, 0.3) is 10.6 Å². The Kier molecular flexibility index (Phi) is 4.82. The molecule has 0 aromatic carbocycles. The quantitative estimate of drug-likeness (QED) is 0.866. The first-order valence-corrected chi connectivity index (χ1v) is 10.3. The Bertz CT molecular complexity index is 747. The number of hydrogen-bond donors (Lipinski definition) is 1. The summed E-state index contributed by atoms with van der Waals surface area (Å²) in [7, 11) is 0. The Morgan fingerprint density at radius 3 is 2.68 bits per heavy atom. The van der Waals surface area contributed by atoms with Crippen LogP contribution in [0.15, 0.2) is 22.2 Å². The molecule has 2 fully saturated rings. The van der Waals surface area contributed by atoms with E-state index in [1.807, 2.05) is 27.1 Å². The molecule has 0 radical (unpaired) electrons. The molecule has 1 N–H and O–H groups in total. The molecule has 8 heteroatoms. The molecule has 132 valence electrons. The Hall–Kier alpha value is -1.77. The topological polar surface area (TPSA) is 65.5 Å². The summed E-state index contributed by atoms with van der Waals surface area (Å²) in [6.07, 6.45) is 2.21. The maximum Gasteiger partial charge on any atom is 0.273 e. The van der Waals surface area contributed by atoms with E-state index in [1.54, 1.807) is 11.3 Å². The van der Waals surface area contributed by atoms with Gasteiger partial charge in [0, 0.05) is 48.5 Å². The SMILES string of the molecule is O=C(CN1CCN(C(=O)c2csc(-c3ccsc3)n2)CC1)NC1CC1. The van der Waals surface area contributed by atoms with Crippen LogP contribution < -0.4 is 5.32 Å². The van der Waals surface area contributed by atoms with Gasteiger partial charge in [0.25, 0.3) is 5.91 Å². The fraction of sp³-hybridized carbons (Fsp3) is 0.471. The van der Waals surface area contributed by atoms with Crippen LogP contribution in [0.1, 0.15) is 23.3 Å². The molecular formula is C17H20N4O2S2. The van der Waals surface area contributed by atoms with Gasteiger partial charge in [-0.2, -0.15) is 11.3 Å². The average Bonchev–Trinajstić information content (AvgIpc) is 3.09. The highest BCUT2D eigenvalue weighted by atomic mass is 32.1. The van der Waals surface area contributed by atoms with Crippen molar-refractivity contribution in [2.75, 3.05) is 32.7 Å². The van der Waals surface area contributed by atoms with Crippen molar-refractivity contribution in [3.63, 3.8) is 0 Å². The zero-order valence-corrected chi connectivity index (χ0v) is 15.4. The molecule has 2 aliphatic rings. The molecule has 25 heavy (non-hydrogen) atoms. The summed E-state index contributed by atoms with van der Waals surface area (Å²) in [6.45, 7) is 3.16. The lowest BCUT2D eigenvalue weighted by Crippen LogP contribution is -2.51. The van der Waals surface area contributed by atoms with Gasteiger partial charge in [0.05, 0.1) is 6.54 Å². The van der Waals surface area contributed by atoms with Crippen molar-refractivity contribution < 1.29 is 9.59 Å². The van der Waals surface area contributed by atoms with Crippen LogP contribution in [0.2, 0.25) is 0 Å². The van der Waals surface area contributed by atoms with Crippen LogP contribution in [-0.2, 0) is 4.79 Å². The molecule has 2 aromatic rings. The summed E-state index contributed by atoms with van der Waals surface area (Å²) in [6, 6.07) is 2.42. The van der Waals surface area contributed by atoms with E-state index in [-0.39, 0.29) is 11.8 Å². The number of piperazine rings is 1. The van der Waals surface area contributed by atoms with Crippen LogP contribution >= 0.6 is 22.7 Å². The van der Waals surface area contributed by atoms with Gasteiger partial charge in [-0.05, 0) is 24.3 Å². The van der Waals surface area contributed by atoms with Crippen LogP contribution in [0.3, 0.4) is 0 Å². The number of nitrogens with zero attached hydrogens (tertiary/aromatic N) is 3. The minimum absolute atomic E-state index is 0.0141. The maximum absolute atomic E-state index is 12.6. The Morgan fingerprint density at radius 2 is 2.00 bits per heavy atom. The molecule has 1 aliphatic heterocycles. The van der Waals surface area contributed by atoms with Gasteiger partial charge in [0.2, 0.25) is 5.91 Å². The van der Waals surface area contributed by atoms with E-state index < -0.39 is 0 Å². The minimum atomic E-state index is -0.0141. The lowest BCUT2D eigenvalue weighted by Gasteiger charge is -2.33. The number of aromatic nitrogens is 1. The second-order valence-corrected chi connectivity index (χ2v) is 8.10. The van der Waals surface area contributed by atoms with Crippen molar-refractivity contribution in [2.45, 2.75) is 18.9 Å². The number of nitrogens with one attached hydrogen (secondary N) is 1. The van der Waals surface area contributed by atoms with Crippen LogP contribution in [0.5, 0.6) is 0 Å². The van der Waals surface area contributed by atoms with E-state index in [0.717, 1.165) is 36.5 Å². The highest BCUT2D eigenvalue weighted by Gasteiger charge is 2.27. The molecule has 0 atom stereocenters. The normalized spacial score (nSPS) is 18.3. The average molecular weight is 377 g/mol. The number of amides is 2. The molecule has 0 spiro atoms. The first-order chi connectivity index (χ1) is 12.2. The number of carbonyl (C=O) groups excluding carboxylic acids is 2. The molecule has 1 saturated carbocycles. The second-order valence-electron chi connectivity index (χ2n) is 6.46. The molecule has 6 nitrogen and oxygen atoms in total. The van der Waals surface area contributed by atoms with Gasteiger partial charge in [-0.15, -0.1) is 11.3 Å². The van der Waals surface area contributed by atoms with E-state index >= 15 is 0 Å². The van der Waals surface area contributed by atoms with Crippen molar-refractivity contribution in [3.05, 3.63) is 27.9 Å². The molecule has 2 aromatic heterocycles. The largest absolute Gasteiger partial charge is 0.352 e. The van der Waals surface area contributed by atoms with Crippen molar-refractivity contribution >= 4 is 34.5 Å². The fourth-order valence-corrected chi connectivity index (χ4v) is 4.37. The van der Waals surface area contributed by atoms with Crippen molar-refractivity contribution in [1.29, 1.82) is 0 Å². The Morgan fingerprint density at radius 1 is 1.20 bits per heavy atom. The summed E-state index contributed by atoms with van der Waals surface area (Å²) in [4.78, 5) is 32.9. The van der Waals surface area contributed by atoms with Crippen molar-refractivity contribution in [1.82, 2.24) is 20.1 Å². The molecular weight excluding hydrogens is 356 g/mol. The smallest absolute Gasteiger partial charge is 0.273 e. The summed E-state index contributed by atoms with van der Waals surface area (Å²) in [5.74, 6) is 0.0852. The number of thiophene rings is 1. The zero-order chi connectivity index (χ0) is 17.2. The van der Waals surface area contributed by atoms with Crippen LogP contribution in [0, 0.1) is 0 Å². The lowest BCUT2D eigenvalue weighted by atomic mass is 10.3. The van der Waals surface area contributed by atoms with Gasteiger partial charge >= 0.3 is 0 Å². The highest BCUT2D eigenvalue weighted by Crippen LogP contribution is 2.26. The van der Waals surface area contributed by atoms with Gasteiger partial charge in [-0.3, -0.25) is 14.5 Å². The van der Waals surface area contributed by atoms with E-state index in [1.165, 1.54) is 11.3 Å². The first kappa shape index (κ1) is 16.7. The number of hydrogen-bond acceptors (Lipinski definition) is 6. The molecule has 1 saturated heterocycles. The third-order valence-electron chi connectivity index (χ3n) is 4.46. The molecule has 4 rings (SSSR count). The number of rotatable bonds is 5. The van der Waals surface area contributed by atoms with Gasteiger partial charge in [0.15, 0.2) is 0 Å². The lowest BCUT2D eigenvalue weighted by molar-refractivity contribution is -0.122. The van der Waals surface area contributed by atoms with E-state index in [2.05, 4.69) is 15.2 Å². The minimum Gasteiger partial charge on any atom is -0.352 e. The summed E-state index contributed by atoms with van der Waals surface area (Å²) < 4.78 is 0. The molecule has 0 unspecified atom stereocenters. The van der Waals surface area contributed by atoms with Crippen LogP contribution in [-0.4, -0.2) is 65.4 Å². The van der Waals surface area contributed by atoms with Crippen LogP contribution in [0.4, 0.5) is 0 Å². The molecule has 1 aliphatic carbocycles. The van der Waals surface area contributed by atoms with Gasteiger partial charge in [-0.1, -0.05) is 0 Å². The molecule has 2 amide bonds. The summed E-state index contributed by atoms with van der Waals surface area (Å²) in [5.41, 5.74) is 1.59. The maximum atomic E-state index is 12.6. The summed E-state index contributed by atoms with van der Waals surface area (Å²) in [5, 5.41) is 9.79. The predicted molar refractivity (Wildman–Crippen MR) is 98.9 cm³/mol. The van der Waals surface area contributed by atoms with E-state index in [0.29, 0.717) is 31.4 Å². The predicted octanol–water partition coefficient (Wildman–Crippen LogP) is 1.91. The molecule has 3 heterocycles. The third-order valence-corrected chi connectivity index (χ3v) is 6.04.